The fraction of sp³-hybridized carbons (Fsp3) is 0.0588. The van der Waals surface area contributed by atoms with Crippen molar-refractivity contribution in [3.8, 4) is 11.8 Å². The highest BCUT2D eigenvalue weighted by Crippen LogP contribution is 2.34. The summed E-state index contributed by atoms with van der Waals surface area (Å²) in [5.41, 5.74) is 1.17. The number of ether oxygens (including phenoxy) is 1. The van der Waals surface area contributed by atoms with Crippen LogP contribution in [0, 0.1) is 11.3 Å². The van der Waals surface area contributed by atoms with Gasteiger partial charge in [0.2, 0.25) is 5.78 Å². The summed E-state index contributed by atoms with van der Waals surface area (Å²) in [5.74, 6) is 0.248. The zero-order chi connectivity index (χ0) is 16.1. The van der Waals surface area contributed by atoms with Crippen molar-refractivity contribution in [2.75, 3.05) is 7.11 Å². The van der Waals surface area contributed by atoms with E-state index >= 15 is 0 Å². The van der Waals surface area contributed by atoms with E-state index in [0.29, 0.717) is 16.9 Å². The van der Waals surface area contributed by atoms with Gasteiger partial charge in [0.25, 0.3) is 0 Å². The largest absolute Gasteiger partial charge is 0.495 e. The first-order chi connectivity index (χ1) is 10.6. The van der Waals surface area contributed by atoms with Gasteiger partial charge in [0, 0.05) is 15.6 Å². The number of benzene rings is 2. The van der Waals surface area contributed by atoms with Crippen LogP contribution < -0.4 is 4.74 Å². The highest BCUT2D eigenvalue weighted by molar-refractivity contribution is 9.11. The summed E-state index contributed by atoms with van der Waals surface area (Å²) in [5, 5.41) is 9.32. The van der Waals surface area contributed by atoms with E-state index in [9.17, 15) is 10.1 Å². The first-order valence-electron chi connectivity index (χ1n) is 6.31. The Hall–Kier alpha value is -1.90. The quantitative estimate of drug-likeness (QED) is 0.396. The van der Waals surface area contributed by atoms with Crippen molar-refractivity contribution in [2.24, 2.45) is 0 Å². The number of halogens is 2. The summed E-state index contributed by atoms with van der Waals surface area (Å²) >= 11 is 6.79. The Morgan fingerprint density at radius 2 is 1.91 bits per heavy atom. The van der Waals surface area contributed by atoms with Gasteiger partial charge in [0.05, 0.1) is 11.6 Å². The molecule has 0 saturated carbocycles. The molecule has 0 aliphatic rings. The van der Waals surface area contributed by atoms with Crippen molar-refractivity contribution in [3.63, 3.8) is 0 Å². The molecule has 0 bridgehead atoms. The summed E-state index contributed by atoms with van der Waals surface area (Å²) < 4.78 is 6.88. The lowest BCUT2D eigenvalue weighted by molar-refractivity contribution is 0.104. The number of nitrogens with zero attached hydrogens (tertiary/aromatic N) is 1. The highest BCUT2D eigenvalue weighted by atomic mass is 79.9. The van der Waals surface area contributed by atoms with Crippen molar-refractivity contribution in [1.29, 1.82) is 5.26 Å². The van der Waals surface area contributed by atoms with Crippen molar-refractivity contribution >= 4 is 43.7 Å². The Bertz CT molecular complexity index is 777. The van der Waals surface area contributed by atoms with Gasteiger partial charge in [-0.3, -0.25) is 4.79 Å². The molecule has 2 rings (SSSR count). The van der Waals surface area contributed by atoms with Gasteiger partial charge in [-0.15, -0.1) is 0 Å². The maximum absolute atomic E-state index is 12.4. The van der Waals surface area contributed by atoms with Crippen molar-refractivity contribution in [1.82, 2.24) is 0 Å². The number of hydrogen-bond donors (Lipinski definition) is 0. The minimum atomic E-state index is -0.318. The number of ketones is 1. The Morgan fingerprint density at radius 3 is 2.50 bits per heavy atom. The molecule has 0 aliphatic carbocycles. The monoisotopic (exact) mass is 419 g/mol. The molecule has 0 aliphatic heterocycles. The number of Topliss-reactive ketones (excluding diaryl/α,β-unsaturated/α-hetero) is 1. The molecule has 2 aromatic carbocycles. The normalized spacial score (nSPS) is 10.9. The zero-order valence-electron chi connectivity index (χ0n) is 11.6. The molecule has 3 nitrogen and oxygen atoms in total. The smallest absolute Gasteiger partial charge is 0.203 e. The zero-order valence-corrected chi connectivity index (χ0v) is 14.8. The van der Waals surface area contributed by atoms with Crippen LogP contribution in [-0.4, -0.2) is 12.9 Å². The molecule has 0 fully saturated rings. The standard InChI is InChI=1S/C17H11Br2NO2/c1-22-17-12(8-14(18)9-15(17)19)7-13(10-20)16(21)11-5-3-2-4-6-11/h2-9H,1H3. The number of carbonyl (C=O) groups excluding carboxylic acids is 1. The van der Waals surface area contributed by atoms with E-state index in [-0.39, 0.29) is 11.4 Å². The number of hydrogen-bond acceptors (Lipinski definition) is 3. The van der Waals surface area contributed by atoms with E-state index in [0.717, 1.165) is 8.95 Å². The molecule has 110 valence electrons. The van der Waals surface area contributed by atoms with Gasteiger partial charge < -0.3 is 4.74 Å². The maximum atomic E-state index is 12.4. The third-order valence-corrected chi connectivity index (χ3v) is 3.99. The lowest BCUT2D eigenvalue weighted by Gasteiger charge is -2.09. The van der Waals surface area contributed by atoms with Crippen LogP contribution in [-0.2, 0) is 0 Å². The molecule has 5 heteroatoms. The van der Waals surface area contributed by atoms with E-state index in [1.54, 1.807) is 30.3 Å². The number of methoxy groups -OCH3 is 1. The van der Waals surface area contributed by atoms with Crippen molar-refractivity contribution < 1.29 is 9.53 Å². The SMILES string of the molecule is COc1c(Br)cc(Br)cc1C=C(C#N)C(=O)c1ccccc1. The molecule has 0 saturated heterocycles. The second-order valence-corrected chi connectivity index (χ2v) is 6.15. The summed E-state index contributed by atoms with van der Waals surface area (Å²) in [4.78, 5) is 12.4. The Morgan fingerprint density at radius 1 is 1.23 bits per heavy atom. The number of allylic oxidation sites excluding steroid dienone is 1. The fourth-order valence-corrected chi connectivity index (χ4v) is 3.37. The van der Waals surface area contributed by atoms with Gasteiger partial charge in [-0.25, -0.2) is 0 Å². The Labute approximate surface area is 145 Å². The van der Waals surface area contributed by atoms with E-state index in [2.05, 4.69) is 31.9 Å². The first kappa shape index (κ1) is 16.5. The predicted octanol–water partition coefficient (Wildman–Crippen LogP) is 5.01. The molecule has 0 amide bonds. The fourth-order valence-electron chi connectivity index (χ4n) is 1.95. The lowest BCUT2D eigenvalue weighted by atomic mass is 10.0. The predicted molar refractivity (Wildman–Crippen MR) is 92.8 cm³/mol. The van der Waals surface area contributed by atoms with E-state index in [1.807, 2.05) is 18.2 Å². The Balaban J connectivity index is 2.51. The third-order valence-electron chi connectivity index (χ3n) is 2.94. The van der Waals surface area contributed by atoms with Gasteiger partial charge >= 0.3 is 0 Å². The van der Waals surface area contributed by atoms with Crippen LogP contribution in [0.15, 0.2) is 57.0 Å². The second-order valence-electron chi connectivity index (χ2n) is 4.38. The molecular weight excluding hydrogens is 410 g/mol. The summed E-state index contributed by atoms with van der Waals surface area (Å²) in [7, 11) is 1.54. The number of carbonyl (C=O) groups is 1. The first-order valence-corrected chi connectivity index (χ1v) is 7.90. The molecule has 22 heavy (non-hydrogen) atoms. The van der Waals surface area contributed by atoms with Crippen LogP contribution in [0.2, 0.25) is 0 Å². The molecule has 0 N–H and O–H groups in total. The summed E-state index contributed by atoms with van der Waals surface area (Å²) in [6.07, 6.45) is 1.53. The number of nitriles is 1. The van der Waals surface area contributed by atoms with Crippen LogP contribution in [0.1, 0.15) is 15.9 Å². The molecule has 0 atom stereocenters. The minimum Gasteiger partial charge on any atom is -0.495 e. The average Bonchev–Trinajstić information content (AvgIpc) is 2.52. The van der Waals surface area contributed by atoms with Gasteiger partial charge in [-0.2, -0.15) is 5.26 Å². The molecule has 0 spiro atoms. The van der Waals surface area contributed by atoms with Crippen molar-refractivity contribution in [2.45, 2.75) is 0 Å². The minimum absolute atomic E-state index is 0.0505. The van der Waals surface area contributed by atoms with Crippen LogP contribution >= 0.6 is 31.9 Å². The lowest BCUT2D eigenvalue weighted by Crippen LogP contribution is -2.02. The molecule has 0 radical (unpaired) electrons. The van der Waals surface area contributed by atoms with Gasteiger partial charge in [-0.05, 0) is 34.1 Å². The molecular formula is C17H11Br2NO2. The van der Waals surface area contributed by atoms with Gasteiger partial charge in [0.15, 0.2) is 0 Å². The van der Waals surface area contributed by atoms with Crippen LogP contribution in [0.5, 0.6) is 5.75 Å². The average molecular weight is 421 g/mol. The topological polar surface area (TPSA) is 50.1 Å². The molecule has 0 unspecified atom stereocenters. The van der Waals surface area contributed by atoms with Crippen LogP contribution in [0.3, 0.4) is 0 Å². The Kier molecular flexibility index (Phi) is 5.53. The van der Waals surface area contributed by atoms with Gasteiger partial charge in [0.1, 0.15) is 17.4 Å². The third kappa shape index (κ3) is 3.65. The highest BCUT2D eigenvalue weighted by Gasteiger charge is 2.14. The van der Waals surface area contributed by atoms with E-state index in [4.69, 9.17) is 4.74 Å². The number of rotatable bonds is 4. The maximum Gasteiger partial charge on any atom is 0.203 e. The van der Waals surface area contributed by atoms with Crippen molar-refractivity contribution in [3.05, 3.63) is 68.1 Å². The summed E-state index contributed by atoms with van der Waals surface area (Å²) in [6.45, 7) is 0. The molecule has 0 aromatic heterocycles. The van der Waals surface area contributed by atoms with Crippen LogP contribution in [0.25, 0.3) is 6.08 Å². The summed E-state index contributed by atoms with van der Waals surface area (Å²) in [6, 6.07) is 14.3. The second kappa shape index (κ2) is 7.39. The van der Waals surface area contributed by atoms with Gasteiger partial charge in [-0.1, -0.05) is 46.3 Å². The van der Waals surface area contributed by atoms with E-state index < -0.39 is 0 Å². The molecule has 2 aromatic rings. The molecule has 0 heterocycles. The van der Waals surface area contributed by atoms with Crippen LogP contribution in [0.4, 0.5) is 0 Å². The van der Waals surface area contributed by atoms with E-state index in [1.165, 1.54) is 13.2 Å².